The lowest BCUT2D eigenvalue weighted by Crippen LogP contribution is -2.63. The van der Waals surface area contributed by atoms with E-state index in [4.69, 9.17) is 9.84 Å². The predicted octanol–water partition coefficient (Wildman–Crippen LogP) is 1.94. The van der Waals surface area contributed by atoms with Crippen LogP contribution in [0.3, 0.4) is 0 Å². The number of nitrogens with zero attached hydrogens (tertiary/aromatic N) is 1. The first-order valence-corrected chi connectivity index (χ1v) is 7.57. The maximum absolute atomic E-state index is 12.3. The highest BCUT2D eigenvalue weighted by Crippen LogP contribution is 2.42. The molecule has 0 aromatic heterocycles. The molecular formula is C15H28N2O4. The number of rotatable bonds is 7. The number of hydrogen-bond acceptors (Lipinski definition) is 3. The van der Waals surface area contributed by atoms with E-state index in [1.165, 1.54) is 4.90 Å². The second-order valence-electron chi connectivity index (χ2n) is 6.67. The predicted molar refractivity (Wildman–Crippen MR) is 80.2 cm³/mol. The molecule has 6 heteroatoms. The average molecular weight is 300 g/mol. The van der Waals surface area contributed by atoms with Crippen molar-refractivity contribution in [2.45, 2.75) is 53.2 Å². The molecule has 1 rings (SSSR count). The van der Waals surface area contributed by atoms with E-state index in [1.807, 2.05) is 20.8 Å². The van der Waals surface area contributed by atoms with Crippen LogP contribution in [0.4, 0.5) is 4.79 Å². The van der Waals surface area contributed by atoms with Crippen LogP contribution in [0.5, 0.6) is 0 Å². The molecule has 1 aliphatic carbocycles. The van der Waals surface area contributed by atoms with Crippen LogP contribution in [-0.4, -0.2) is 53.8 Å². The number of hydrogen-bond donors (Lipinski definition) is 2. The number of aliphatic carboxylic acids is 1. The number of carboxylic acid groups (broad SMARTS) is 1. The van der Waals surface area contributed by atoms with Crippen molar-refractivity contribution in [2.75, 3.05) is 19.7 Å². The van der Waals surface area contributed by atoms with Crippen molar-refractivity contribution in [1.29, 1.82) is 0 Å². The van der Waals surface area contributed by atoms with E-state index >= 15 is 0 Å². The van der Waals surface area contributed by atoms with Gasteiger partial charge in [0.1, 0.15) is 6.54 Å². The number of carbonyl (C=O) groups excluding carboxylic acids is 1. The molecule has 0 bridgehead atoms. The SMILES string of the molecule is CCOC1CC(NC(=O)N(CC(=O)O)CC(C)C)C1(C)C. The van der Waals surface area contributed by atoms with Crippen LogP contribution in [-0.2, 0) is 9.53 Å². The minimum atomic E-state index is -0.995. The van der Waals surface area contributed by atoms with Crippen molar-refractivity contribution >= 4 is 12.0 Å². The zero-order valence-corrected chi connectivity index (χ0v) is 13.7. The Morgan fingerprint density at radius 3 is 2.48 bits per heavy atom. The number of carboxylic acids is 1. The van der Waals surface area contributed by atoms with Crippen LogP contribution in [0, 0.1) is 11.3 Å². The van der Waals surface area contributed by atoms with Gasteiger partial charge < -0.3 is 20.1 Å². The first-order valence-electron chi connectivity index (χ1n) is 7.57. The lowest BCUT2D eigenvalue weighted by Gasteiger charge is -2.51. The van der Waals surface area contributed by atoms with E-state index in [0.717, 1.165) is 6.42 Å². The summed E-state index contributed by atoms with van der Waals surface area (Å²) in [5.74, 6) is -0.772. The van der Waals surface area contributed by atoms with Crippen molar-refractivity contribution in [3.05, 3.63) is 0 Å². The van der Waals surface area contributed by atoms with Crippen LogP contribution in [0.15, 0.2) is 0 Å². The zero-order valence-electron chi connectivity index (χ0n) is 13.7. The molecule has 0 aliphatic heterocycles. The molecule has 2 unspecified atom stereocenters. The summed E-state index contributed by atoms with van der Waals surface area (Å²) in [7, 11) is 0. The molecule has 0 heterocycles. The van der Waals surface area contributed by atoms with E-state index in [9.17, 15) is 9.59 Å². The molecule has 2 N–H and O–H groups in total. The average Bonchev–Trinajstić information content (AvgIpc) is 2.35. The van der Waals surface area contributed by atoms with Crippen LogP contribution in [0.25, 0.3) is 0 Å². The van der Waals surface area contributed by atoms with Gasteiger partial charge in [-0.15, -0.1) is 0 Å². The molecule has 0 aromatic carbocycles. The Morgan fingerprint density at radius 2 is 2.05 bits per heavy atom. The fraction of sp³-hybridized carbons (Fsp3) is 0.867. The minimum absolute atomic E-state index is 0.0185. The standard InChI is InChI=1S/C15H28N2O4/c1-6-21-12-7-11(15(12,4)5)16-14(20)17(8-10(2)3)9-13(18)19/h10-12H,6-9H2,1-5H3,(H,16,20)(H,18,19). The smallest absolute Gasteiger partial charge is 0.323 e. The molecule has 0 radical (unpaired) electrons. The summed E-state index contributed by atoms with van der Waals surface area (Å²) >= 11 is 0. The van der Waals surface area contributed by atoms with Gasteiger partial charge in [0, 0.05) is 24.6 Å². The molecule has 2 atom stereocenters. The van der Waals surface area contributed by atoms with E-state index in [-0.39, 0.29) is 36.1 Å². The molecule has 122 valence electrons. The molecule has 2 amide bonds. The second-order valence-corrected chi connectivity index (χ2v) is 6.67. The van der Waals surface area contributed by atoms with Crippen molar-refractivity contribution in [2.24, 2.45) is 11.3 Å². The molecule has 0 aromatic rings. The Morgan fingerprint density at radius 1 is 1.43 bits per heavy atom. The summed E-state index contributed by atoms with van der Waals surface area (Å²) in [5, 5.41) is 11.9. The third kappa shape index (κ3) is 4.59. The van der Waals surface area contributed by atoms with Gasteiger partial charge in [-0.25, -0.2) is 4.79 Å². The van der Waals surface area contributed by atoms with Crippen molar-refractivity contribution < 1.29 is 19.4 Å². The first-order chi connectivity index (χ1) is 9.68. The van der Waals surface area contributed by atoms with Crippen LogP contribution in [0.2, 0.25) is 0 Å². The third-order valence-electron chi connectivity index (χ3n) is 4.04. The van der Waals surface area contributed by atoms with Crippen molar-refractivity contribution in [3.63, 3.8) is 0 Å². The quantitative estimate of drug-likeness (QED) is 0.753. The molecule has 1 fully saturated rings. The summed E-state index contributed by atoms with van der Waals surface area (Å²) in [5.41, 5.74) is -0.127. The van der Waals surface area contributed by atoms with Crippen LogP contribution < -0.4 is 5.32 Å². The maximum atomic E-state index is 12.3. The number of carbonyl (C=O) groups is 2. The van der Waals surface area contributed by atoms with Gasteiger partial charge in [-0.05, 0) is 19.3 Å². The highest BCUT2D eigenvalue weighted by Gasteiger charge is 2.49. The first kappa shape index (κ1) is 17.8. The summed E-state index contributed by atoms with van der Waals surface area (Å²) in [6.07, 6.45) is 0.917. The molecule has 0 spiro atoms. The zero-order chi connectivity index (χ0) is 16.2. The molecule has 1 saturated carbocycles. The highest BCUT2D eigenvalue weighted by molar-refractivity contribution is 5.80. The number of ether oxygens (including phenoxy) is 1. The largest absolute Gasteiger partial charge is 0.480 e. The van der Waals surface area contributed by atoms with Crippen molar-refractivity contribution in [1.82, 2.24) is 10.2 Å². The lowest BCUT2D eigenvalue weighted by atomic mass is 9.64. The summed E-state index contributed by atoms with van der Waals surface area (Å²) in [4.78, 5) is 24.5. The van der Waals surface area contributed by atoms with Gasteiger partial charge in [-0.3, -0.25) is 4.79 Å². The summed E-state index contributed by atoms with van der Waals surface area (Å²) < 4.78 is 5.64. The number of urea groups is 1. The molecule has 0 saturated heterocycles. The third-order valence-corrected chi connectivity index (χ3v) is 4.04. The van der Waals surface area contributed by atoms with E-state index < -0.39 is 5.97 Å². The van der Waals surface area contributed by atoms with Gasteiger partial charge in [-0.1, -0.05) is 27.7 Å². The van der Waals surface area contributed by atoms with E-state index in [1.54, 1.807) is 0 Å². The van der Waals surface area contributed by atoms with Gasteiger partial charge in [0.25, 0.3) is 0 Å². The Kier molecular flexibility index (Phi) is 6.01. The van der Waals surface area contributed by atoms with Gasteiger partial charge in [0.2, 0.25) is 0 Å². The van der Waals surface area contributed by atoms with Crippen molar-refractivity contribution in [3.8, 4) is 0 Å². The Labute approximate surface area is 126 Å². The Balaban J connectivity index is 2.60. The minimum Gasteiger partial charge on any atom is -0.480 e. The Bertz CT molecular complexity index is 382. The van der Waals surface area contributed by atoms with Crippen LogP contribution >= 0.6 is 0 Å². The number of amides is 2. The highest BCUT2D eigenvalue weighted by atomic mass is 16.5. The van der Waals surface area contributed by atoms with E-state index in [2.05, 4.69) is 19.2 Å². The summed E-state index contributed by atoms with van der Waals surface area (Å²) in [6.45, 7) is 10.8. The monoisotopic (exact) mass is 300 g/mol. The lowest BCUT2D eigenvalue weighted by molar-refractivity contribution is -0.138. The molecule has 6 nitrogen and oxygen atoms in total. The molecule has 1 aliphatic rings. The molecular weight excluding hydrogens is 272 g/mol. The van der Waals surface area contributed by atoms with Crippen LogP contribution in [0.1, 0.15) is 41.0 Å². The van der Waals surface area contributed by atoms with Gasteiger partial charge in [-0.2, -0.15) is 0 Å². The fourth-order valence-electron chi connectivity index (χ4n) is 2.68. The second kappa shape index (κ2) is 7.11. The van der Waals surface area contributed by atoms with Gasteiger partial charge in [0.15, 0.2) is 0 Å². The van der Waals surface area contributed by atoms with Gasteiger partial charge >= 0.3 is 12.0 Å². The summed E-state index contributed by atoms with van der Waals surface area (Å²) in [6, 6.07) is -0.288. The topological polar surface area (TPSA) is 78.9 Å². The Hall–Kier alpha value is -1.30. The normalized spacial score (nSPS) is 23.5. The maximum Gasteiger partial charge on any atom is 0.323 e. The van der Waals surface area contributed by atoms with Gasteiger partial charge in [0.05, 0.1) is 6.10 Å². The molecule has 21 heavy (non-hydrogen) atoms. The fourth-order valence-corrected chi connectivity index (χ4v) is 2.68. The van der Waals surface area contributed by atoms with E-state index in [0.29, 0.717) is 13.2 Å². The number of nitrogens with one attached hydrogen (secondary N) is 1.